The van der Waals surface area contributed by atoms with Gasteiger partial charge >= 0.3 is 0 Å². The molecule has 1 aliphatic heterocycles. The Kier molecular flexibility index (Phi) is 9.39. The zero-order valence-electron chi connectivity index (χ0n) is 13.9. The topological polar surface area (TPSA) is 31.0 Å². The van der Waals surface area contributed by atoms with Gasteiger partial charge in [-0.15, -0.1) is 0 Å². The van der Waals surface area contributed by atoms with Gasteiger partial charge in [0.25, 0.3) is 0 Å². The van der Waals surface area contributed by atoms with Crippen LogP contribution in [0.15, 0.2) is 0 Å². The SMILES string of the molecule is COCN1CCCCN(C)CCN(C)CCNCC1C. The van der Waals surface area contributed by atoms with Gasteiger partial charge in [0.05, 0.1) is 6.73 Å². The second-order valence-electron chi connectivity index (χ2n) is 6.10. The van der Waals surface area contributed by atoms with Gasteiger partial charge in [0.1, 0.15) is 0 Å². The van der Waals surface area contributed by atoms with Crippen molar-refractivity contribution >= 4 is 0 Å². The van der Waals surface area contributed by atoms with Crippen molar-refractivity contribution in [3.8, 4) is 0 Å². The lowest BCUT2D eigenvalue weighted by Crippen LogP contribution is -2.44. The van der Waals surface area contributed by atoms with E-state index in [1.54, 1.807) is 7.11 Å². The van der Waals surface area contributed by atoms with Crippen LogP contribution >= 0.6 is 0 Å². The van der Waals surface area contributed by atoms with Gasteiger partial charge in [-0.25, -0.2) is 0 Å². The highest BCUT2D eigenvalue weighted by Crippen LogP contribution is 2.03. The first-order chi connectivity index (χ1) is 9.63. The maximum absolute atomic E-state index is 5.34. The van der Waals surface area contributed by atoms with Crippen LogP contribution in [0.25, 0.3) is 0 Å². The molecule has 0 bridgehead atoms. The smallest absolute Gasteiger partial charge is 0.0989 e. The zero-order chi connectivity index (χ0) is 14.8. The van der Waals surface area contributed by atoms with E-state index in [1.807, 2.05) is 0 Å². The normalized spacial score (nSPS) is 27.3. The van der Waals surface area contributed by atoms with E-state index in [1.165, 1.54) is 19.4 Å². The number of nitrogens with zero attached hydrogens (tertiary/aromatic N) is 3. The van der Waals surface area contributed by atoms with Crippen molar-refractivity contribution in [3.63, 3.8) is 0 Å². The van der Waals surface area contributed by atoms with Crippen molar-refractivity contribution in [1.29, 1.82) is 0 Å². The van der Waals surface area contributed by atoms with Crippen LogP contribution in [0.2, 0.25) is 0 Å². The third kappa shape index (κ3) is 7.55. The summed E-state index contributed by atoms with van der Waals surface area (Å²) in [5.74, 6) is 0. The van der Waals surface area contributed by atoms with Gasteiger partial charge in [-0.3, -0.25) is 4.90 Å². The molecule has 1 N–H and O–H groups in total. The summed E-state index contributed by atoms with van der Waals surface area (Å²) in [4.78, 5) is 7.29. The molecule has 20 heavy (non-hydrogen) atoms. The van der Waals surface area contributed by atoms with Crippen molar-refractivity contribution in [2.24, 2.45) is 0 Å². The van der Waals surface area contributed by atoms with Crippen molar-refractivity contribution in [2.75, 3.05) is 73.7 Å². The molecule has 1 saturated heterocycles. The fourth-order valence-electron chi connectivity index (χ4n) is 2.55. The van der Waals surface area contributed by atoms with Crippen LogP contribution in [-0.4, -0.2) is 94.5 Å². The molecule has 120 valence electrons. The molecule has 0 spiro atoms. The summed E-state index contributed by atoms with van der Waals surface area (Å²) in [6, 6.07) is 0.529. The molecule has 1 aliphatic rings. The summed E-state index contributed by atoms with van der Waals surface area (Å²) < 4.78 is 5.34. The van der Waals surface area contributed by atoms with Gasteiger partial charge in [-0.05, 0) is 40.4 Å². The lowest BCUT2D eigenvalue weighted by atomic mass is 10.2. The average Bonchev–Trinajstić information content (AvgIpc) is 2.43. The van der Waals surface area contributed by atoms with Crippen LogP contribution in [0, 0.1) is 0 Å². The number of methoxy groups -OCH3 is 1. The van der Waals surface area contributed by atoms with E-state index in [2.05, 4.69) is 41.0 Å². The highest BCUT2D eigenvalue weighted by atomic mass is 16.5. The minimum absolute atomic E-state index is 0.529. The molecule has 0 aromatic carbocycles. The molecular weight excluding hydrogens is 252 g/mol. The number of ether oxygens (including phenoxy) is 1. The lowest BCUT2D eigenvalue weighted by Gasteiger charge is -2.30. The minimum atomic E-state index is 0.529. The molecule has 0 amide bonds. The maximum Gasteiger partial charge on any atom is 0.0989 e. The molecule has 0 aliphatic carbocycles. The van der Waals surface area contributed by atoms with Crippen LogP contribution in [0.4, 0.5) is 0 Å². The Morgan fingerprint density at radius 2 is 1.65 bits per heavy atom. The third-order valence-corrected chi connectivity index (χ3v) is 4.13. The standard InChI is InChI=1S/C15H34N4O/c1-15-13-16-7-10-18(3)12-11-17(2)8-5-6-9-19(15)14-20-4/h15-16H,5-14H2,1-4H3. The Bertz CT molecular complexity index is 240. The molecule has 1 fully saturated rings. The zero-order valence-corrected chi connectivity index (χ0v) is 13.9. The van der Waals surface area contributed by atoms with Crippen LogP contribution in [0.1, 0.15) is 19.8 Å². The van der Waals surface area contributed by atoms with Crippen molar-refractivity contribution < 1.29 is 4.74 Å². The summed E-state index contributed by atoms with van der Waals surface area (Å²) in [7, 11) is 6.23. The molecular formula is C15H34N4O. The van der Waals surface area contributed by atoms with Gasteiger partial charge in [0, 0.05) is 52.4 Å². The molecule has 1 rings (SSSR count). The van der Waals surface area contributed by atoms with E-state index in [4.69, 9.17) is 4.74 Å². The quantitative estimate of drug-likeness (QED) is 0.800. The van der Waals surface area contributed by atoms with Gasteiger partial charge in [0.2, 0.25) is 0 Å². The number of hydrogen-bond donors (Lipinski definition) is 1. The Hall–Kier alpha value is -0.200. The minimum Gasteiger partial charge on any atom is -0.369 e. The largest absolute Gasteiger partial charge is 0.369 e. The van der Waals surface area contributed by atoms with Crippen molar-refractivity contribution in [2.45, 2.75) is 25.8 Å². The van der Waals surface area contributed by atoms with Gasteiger partial charge in [-0.1, -0.05) is 0 Å². The first-order valence-corrected chi connectivity index (χ1v) is 7.94. The molecule has 1 heterocycles. The van der Waals surface area contributed by atoms with E-state index in [9.17, 15) is 0 Å². The van der Waals surface area contributed by atoms with Gasteiger partial charge < -0.3 is 19.9 Å². The highest BCUT2D eigenvalue weighted by Gasteiger charge is 2.13. The van der Waals surface area contributed by atoms with E-state index in [0.717, 1.165) is 46.0 Å². The Balaban J connectivity index is 2.45. The van der Waals surface area contributed by atoms with Gasteiger partial charge in [0.15, 0.2) is 0 Å². The first-order valence-electron chi connectivity index (χ1n) is 7.94. The van der Waals surface area contributed by atoms with Crippen LogP contribution < -0.4 is 5.32 Å². The predicted octanol–water partition coefficient (Wildman–Crippen LogP) is 0.528. The van der Waals surface area contributed by atoms with Crippen LogP contribution in [0.3, 0.4) is 0 Å². The summed E-state index contributed by atoms with van der Waals surface area (Å²) in [5, 5.41) is 3.57. The Morgan fingerprint density at radius 1 is 1.00 bits per heavy atom. The summed E-state index contributed by atoms with van der Waals surface area (Å²) in [5.41, 5.74) is 0. The Labute approximate surface area is 125 Å². The van der Waals surface area contributed by atoms with Crippen LogP contribution in [-0.2, 0) is 4.74 Å². The van der Waals surface area contributed by atoms with E-state index < -0.39 is 0 Å². The second kappa shape index (κ2) is 10.5. The number of rotatable bonds is 2. The summed E-state index contributed by atoms with van der Waals surface area (Å²) in [6.45, 7) is 10.9. The third-order valence-electron chi connectivity index (χ3n) is 4.13. The molecule has 5 nitrogen and oxygen atoms in total. The molecule has 1 atom stereocenters. The van der Waals surface area contributed by atoms with E-state index in [0.29, 0.717) is 6.04 Å². The van der Waals surface area contributed by atoms with Crippen LogP contribution in [0.5, 0.6) is 0 Å². The molecule has 0 radical (unpaired) electrons. The second-order valence-corrected chi connectivity index (χ2v) is 6.10. The fraction of sp³-hybridized carbons (Fsp3) is 1.00. The average molecular weight is 286 g/mol. The predicted molar refractivity (Wildman–Crippen MR) is 85.1 cm³/mol. The number of hydrogen-bond acceptors (Lipinski definition) is 5. The lowest BCUT2D eigenvalue weighted by molar-refractivity contribution is 0.0360. The number of likely N-dealkylation sites (N-methyl/N-ethyl adjacent to an activating group) is 2. The van der Waals surface area contributed by atoms with E-state index >= 15 is 0 Å². The monoisotopic (exact) mass is 286 g/mol. The molecule has 5 heteroatoms. The van der Waals surface area contributed by atoms with Crippen molar-refractivity contribution in [3.05, 3.63) is 0 Å². The maximum atomic E-state index is 5.34. The van der Waals surface area contributed by atoms with Gasteiger partial charge in [-0.2, -0.15) is 0 Å². The molecule has 0 aromatic heterocycles. The summed E-state index contributed by atoms with van der Waals surface area (Å²) in [6.07, 6.45) is 2.51. The highest BCUT2D eigenvalue weighted by molar-refractivity contribution is 4.69. The van der Waals surface area contributed by atoms with E-state index in [-0.39, 0.29) is 0 Å². The molecule has 0 aromatic rings. The Morgan fingerprint density at radius 3 is 2.35 bits per heavy atom. The molecule has 1 unspecified atom stereocenters. The van der Waals surface area contributed by atoms with Crippen molar-refractivity contribution in [1.82, 2.24) is 20.0 Å². The molecule has 0 saturated carbocycles. The first kappa shape index (κ1) is 17.9. The summed E-state index contributed by atoms with van der Waals surface area (Å²) >= 11 is 0. The fourth-order valence-corrected chi connectivity index (χ4v) is 2.55. The number of nitrogens with one attached hydrogen (secondary N) is 1.